The van der Waals surface area contributed by atoms with Crippen LogP contribution < -0.4 is 10.5 Å². The number of thioether (sulfide) groups is 1. The van der Waals surface area contributed by atoms with Gasteiger partial charge >= 0.3 is 0 Å². The van der Waals surface area contributed by atoms with E-state index in [1.165, 1.54) is 67.7 Å². The second-order valence-corrected chi connectivity index (χ2v) is 12.6. The fraction of sp³-hybridized carbons (Fsp3) is 0.667. The largest absolute Gasteiger partial charge is 0.372 e. The average Bonchev–Trinajstić information content (AvgIpc) is 3.15. The molecule has 1 aromatic heterocycles. The molecular weight excluding hydrogens is 528 g/mol. The maximum Gasteiger partial charge on any atom is 0.270 e. The topological polar surface area (TPSA) is 78.6 Å². The summed E-state index contributed by atoms with van der Waals surface area (Å²) in [4.78, 5) is 30.8. The zero-order valence-electron chi connectivity index (χ0n) is 24.3. The molecule has 2 aliphatic rings. The number of aromatic nitrogens is 1. The van der Waals surface area contributed by atoms with E-state index in [4.69, 9.17) is 17.0 Å². The first-order valence-corrected chi connectivity index (χ1v) is 15.7. The van der Waals surface area contributed by atoms with Gasteiger partial charge in [-0.05, 0) is 38.8 Å². The fourth-order valence-corrected chi connectivity index (χ4v) is 6.82. The van der Waals surface area contributed by atoms with Crippen LogP contribution in [0, 0.1) is 18.3 Å². The van der Waals surface area contributed by atoms with Crippen LogP contribution in [-0.2, 0) is 16.6 Å². The summed E-state index contributed by atoms with van der Waals surface area (Å²) in [6.45, 7) is 9.90. The molecule has 214 valence electrons. The molecular formula is C30H44N4O3S2. The van der Waals surface area contributed by atoms with Crippen molar-refractivity contribution >= 4 is 46.1 Å². The highest BCUT2D eigenvalue weighted by molar-refractivity contribution is 8.26. The summed E-state index contributed by atoms with van der Waals surface area (Å²) >= 11 is 6.89. The Morgan fingerprint density at radius 3 is 2.15 bits per heavy atom. The van der Waals surface area contributed by atoms with Gasteiger partial charge in [0.05, 0.1) is 17.1 Å². The van der Waals surface area contributed by atoms with Gasteiger partial charge in [0.2, 0.25) is 0 Å². The molecule has 2 fully saturated rings. The molecule has 9 heteroatoms. The van der Waals surface area contributed by atoms with E-state index in [-0.39, 0.29) is 29.2 Å². The molecule has 0 radical (unpaired) electrons. The molecule has 2 saturated heterocycles. The lowest BCUT2D eigenvalue weighted by atomic mass is 10.0. The van der Waals surface area contributed by atoms with Gasteiger partial charge in [-0.1, -0.05) is 88.7 Å². The first-order valence-electron chi connectivity index (χ1n) is 14.5. The third-order valence-electron chi connectivity index (χ3n) is 7.57. The number of hydrogen-bond acceptors (Lipinski definition) is 7. The van der Waals surface area contributed by atoms with E-state index in [2.05, 4.69) is 17.9 Å². The number of unbranched alkanes of at least 4 members (excludes halogenated alkanes) is 9. The molecule has 0 spiro atoms. The molecule has 0 aromatic carbocycles. The van der Waals surface area contributed by atoms with Crippen LogP contribution in [0.2, 0.25) is 0 Å². The number of nitrogens with zero attached hydrogens (tertiary/aromatic N) is 4. The Kier molecular flexibility index (Phi) is 12.1. The Bertz CT molecular complexity index is 1160. The van der Waals surface area contributed by atoms with Crippen LogP contribution in [0.1, 0.15) is 102 Å². The SMILES string of the molecule is CCCCCCCCCCCCN1C(=O)/C(=C/c2c(C)c(C#N)c(=O)n(C)c2N2CC(C)OC(C)C2)SC1=S. The average molecular weight is 573 g/mol. The number of rotatable bonds is 13. The predicted octanol–water partition coefficient (Wildman–Crippen LogP) is 6.30. The van der Waals surface area contributed by atoms with Gasteiger partial charge in [0, 0.05) is 32.2 Å². The minimum absolute atomic E-state index is 0.00748. The second-order valence-electron chi connectivity index (χ2n) is 10.9. The lowest BCUT2D eigenvalue weighted by Crippen LogP contribution is -2.47. The van der Waals surface area contributed by atoms with Crippen LogP contribution in [-0.4, -0.2) is 51.5 Å². The summed E-state index contributed by atoms with van der Waals surface area (Å²) in [5.74, 6) is 0.612. The van der Waals surface area contributed by atoms with Crippen molar-refractivity contribution in [2.75, 3.05) is 24.5 Å². The Hall–Kier alpha value is -2.15. The Morgan fingerprint density at radius 2 is 1.59 bits per heavy atom. The Morgan fingerprint density at radius 1 is 1.03 bits per heavy atom. The van der Waals surface area contributed by atoms with Gasteiger partial charge in [0.15, 0.2) is 0 Å². The van der Waals surface area contributed by atoms with Crippen LogP contribution in [0.15, 0.2) is 9.70 Å². The Balaban J connectivity index is 1.72. The standard InChI is InChI=1S/C30H44N4O3S2/c1-6-7-8-9-10-11-12-13-14-15-16-34-29(36)26(39-30(34)38)17-24-23(4)25(18-31)28(35)32(5)27(24)33-19-21(2)37-22(3)20-33/h17,21-22H,6-16,19-20H2,1-5H3/b26-17-. The number of morpholine rings is 1. The van der Waals surface area contributed by atoms with E-state index in [0.29, 0.717) is 40.2 Å². The number of carbonyl (C=O) groups is 1. The van der Waals surface area contributed by atoms with Crippen LogP contribution in [0.5, 0.6) is 0 Å². The molecule has 7 nitrogen and oxygen atoms in total. The van der Waals surface area contributed by atoms with Crippen molar-refractivity contribution in [3.63, 3.8) is 0 Å². The van der Waals surface area contributed by atoms with Crippen molar-refractivity contribution in [1.29, 1.82) is 5.26 Å². The van der Waals surface area contributed by atoms with Gasteiger partial charge in [0.25, 0.3) is 11.5 Å². The number of hydrogen-bond donors (Lipinski definition) is 0. The summed E-state index contributed by atoms with van der Waals surface area (Å²) in [6, 6.07) is 2.07. The fourth-order valence-electron chi connectivity index (χ4n) is 5.53. The normalized spacial score (nSPS) is 20.8. The highest BCUT2D eigenvalue weighted by atomic mass is 32.2. The van der Waals surface area contributed by atoms with Crippen LogP contribution in [0.25, 0.3) is 6.08 Å². The highest BCUT2D eigenvalue weighted by Gasteiger charge is 2.33. The van der Waals surface area contributed by atoms with Gasteiger partial charge in [-0.15, -0.1) is 0 Å². The van der Waals surface area contributed by atoms with Gasteiger partial charge in [0.1, 0.15) is 21.8 Å². The van der Waals surface area contributed by atoms with Gasteiger partial charge in [-0.25, -0.2) is 0 Å². The van der Waals surface area contributed by atoms with Crippen molar-refractivity contribution < 1.29 is 9.53 Å². The van der Waals surface area contributed by atoms with Crippen molar-refractivity contribution in [2.24, 2.45) is 7.05 Å². The molecule has 39 heavy (non-hydrogen) atoms. The van der Waals surface area contributed by atoms with Crippen molar-refractivity contribution in [3.05, 3.63) is 31.9 Å². The van der Waals surface area contributed by atoms with Crippen LogP contribution in [0.4, 0.5) is 5.82 Å². The number of thiocarbonyl (C=S) groups is 1. The molecule has 0 aliphatic carbocycles. The lowest BCUT2D eigenvalue weighted by molar-refractivity contribution is -0.122. The molecule has 0 bridgehead atoms. The summed E-state index contributed by atoms with van der Waals surface area (Å²) in [5, 5.41) is 9.73. The minimum atomic E-state index is -0.331. The maximum absolute atomic E-state index is 13.4. The zero-order valence-corrected chi connectivity index (χ0v) is 25.9. The monoisotopic (exact) mass is 572 g/mol. The van der Waals surface area contributed by atoms with E-state index in [1.807, 2.05) is 19.9 Å². The number of nitriles is 1. The van der Waals surface area contributed by atoms with E-state index in [1.54, 1.807) is 18.9 Å². The third kappa shape index (κ3) is 7.96. The van der Waals surface area contributed by atoms with Gasteiger partial charge in [-0.3, -0.25) is 19.1 Å². The maximum atomic E-state index is 13.4. The summed E-state index contributed by atoms with van der Waals surface area (Å²) in [5.41, 5.74) is 1.07. The van der Waals surface area contributed by atoms with Crippen molar-refractivity contribution in [1.82, 2.24) is 9.47 Å². The molecule has 1 amide bonds. The molecule has 0 N–H and O–H groups in total. The Labute approximate surface area is 243 Å². The van der Waals surface area contributed by atoms with E-state index in [0.717, 1.165) is 18.4 Å². The van der Waals surface area contributed by atoms with Crippen LogP contribution in [0.3, 0.4) is 0 Å². The molecule has 1 aromatic rings. The molecule has 2 unspecified atom stereocenters. The minimum Gasteiger partial charge on any atom is -0.372 e. The third-order valence-corrected chi connectivity index (χ3v) is 8.95. The van der Waals surface area contributed by atoms with E-state index in [9.17, 15) is 14.9 Å². The van der Waals surface area contributed by atoms with Gasteiger partial charge < -0.3 is 9.64 Å². The van der Waals surface area contributed by atoms with Crippen LogP contribution >= 0.6 is 24.0 Å². The van der Waals surface area contributed by atoms with E-state index >= 15 is 0 Å². The second kappa shape index (κ2) is 15.0. The molecule has 2 atom stereocenters. The summed E-state index contributed by atoms with van der Waals surface area (Å²) in [7, 11) is 1.69. The van der Waals surface area contributed by atoms with Gasteiger partial charge in [-0.2, -0.15) is 5.26 Å². The first-order chi connectivity index (χ1) is 18.7. The smallest absolute Gasteiger partial charge is 0.270 e. The number of pyridine rings is 1. The molecule has 3 heterocycles. The molecule has 2 aliphatic heterocycles. The quantitative estimate of drug-likeness (QED) is 0.156. The van der Waals surface area contributed by atoms with Crippen molar-refractivity contribution in [3.8, 4) is 6.07 Å². The number of amides is 1. The number of anilines is 1. The predicted molar refractivity (Wildman–Crippen MR) is 165 cm³/mol. The first kappa shape index (κ1) is 31.4. The summed E-state index contributed by atoms with van der Waals surface area (Å²) in [6.07, 6.45) is 14.2. The number of ether oxygens (including phenoxy) is 1. The molecule has 3 rings (SSSR count). The zero-order chi connectivity index (χ0) is 28.5. The highest BCUT2D eigenvalue weighted by Crippen LogP contribution is 2.36. The van der Waals surface area contributed by atoms with E-state index < -0.39 is 0 Å². The summed E-state index contributed by atoms with van der Waals surface area (Å²) < 4.78 is 8.01. The van der Waals surface area contributed by atoms with Crippen molar-refractivity contribution in [2.45, 2.75) is 104 Å². The number of carbonyl (C=O) groups excluding carboxylic acids is 1. The molecule has 0 saturated carbocycles. The lowest BCUT2D eigenvalue weighted by Gasteiger charge is -2.38.